The van der Waals surface area contributed by atoms with Crippen LogP contribution < -0.4 is 4.74 Å². The summed E-state index contributed by atoms with van der Waals surface area (Å²) in [4.78, 5) is 0. The fraction of sp³-hybridized carbons (Fsp3) is 0.355. The Morgan fingerprint density at radius 1 is 0.707 bits per heavy atom. The maximum Gasteiger partial charge on any atom is 0.429 e. The quantitative estimate of drug-likeness (QED) is 0.195. The van der Waals surface area contributed by atoms with Crippen LogP contribution in [0.25, 0.3) is 11.1 Å². The fourth-order valence-corrected chi connectivity index (χ4v) is 3.35. The maximum absolute atomic E-state index is 14.7. The lowest BCUT2D eigenvalue weighted by molar-refractivity contribution is -0.188. The number of aryl methyl sites for hydroxylation is 1. The van der Waals surface area contributed by atoms with Crippen LogP contribution in [0.15, 0.2) is 60.7 Å². The lowest BCUT2D eigenvalue weighted by atomic mass is 9.99. The monoisotopic (exact) mass is 594 g/mol. The molecule has 0 saturated carbocycles. The van der Waals surface area contributed by atoms with Crippen LogP contribution in [-0.4, -0.2) is 0 Å². The molecule has 0 spiro atoms. The van der Waals surface area contributed by atoms with Gasteiger partial charge in [0.25, 0.3) is 0 Å². The van der Waals surface area contributed by atoms with Crippen molar-refractivity contribution in [1.82, 2.24) is 0 Å². The number of allylic oxidation sites excluding steroid dienone is 2. The minimum absolute atomic E-state index is 0.125. The Labute approximate surface area is 235 Å². The molecule has 0 heterocycles. The largest absolute Gasteiger partial charge is 0.429 e. The molecule has 228 valence electrons. The average molecular weight is 595 g/mol. The van der Waals surface area contributed by atoms with Crippen LogP contribution in [-0.2, 0) is 18.7 Å². The molecule has 0 atom stereocenters. The van der Waals surface area contributed by atoms with Crippen molar-refractivity contribution in [3.05, 3.63) is 101 Å². The summed E-state index contributed by atoms with van der Waals surface area (Å²) in [6.07, 6.45) is -4.77. The van der Waals surface area contributed by atoms with Crippen LogP contribution >= 0.6 is 0 Å². The number of alkyl halides is 5. The van der Waals surface area contributed by atoms with Gasteiger partial charge >= 0.3 is 12.3 Å². The molecule has 0 N–H and O–H groups in total. The Hall–Kier alpha value is -3.43. The van der Waals surface area contributed by atoms with Crippen molar-refractivity contribution in [2.45, 2.75) is 73.6 Å². The molecule has 41 heavy (non-hydrogen) atoms. The summed E-state index contributed by atoms with van der Waals surface area (Å²) in [7, 11) is 0. The number of benzene rings is 3. The van der Waals surface area contributed by atoms with E-state index in [9.17, 15) is 39.5 Å². The highest BCUT2D eigenvalue weighted by atomic mass is 19.4. The van der Waals surface area contributed by atoms with Crippen molar-refractivity contribution >= 4 is 0 Å². The van der Waals surface area contributed by atoms with Gasteiger partial charge in [-0.15, -0.1) is 0 Å². The Kier molecular flexibility index (Phi) is 15.9. The standard InChI is InChI=1S/C25H17F9O.3C2H6/c1-2-3-4-5-14-6-8-15(9-7-14)17-10-11-18(23(29)22(17)28)25(33,34)35-16-12-19(26)21(20(27)13-16)24(30,31)32;3*1-2/h2-3,6-13H,4-5H2,1H3;3*1-2H3/b3-2+;;;. The van der Waals surface area contributed by atoms with E-state index in [1.807, 2.05) is 60.6 Å². The third kappa shape index (κ3) is 10.2. The summed E-state index contributed by atoms with van der Waals surface area (Å²) in [6.45, 7) is 13.9. The first-order valence-corrected chi connectivity index (χ1v) is 13.2. The number of ether oxygens (including phenoxy) is 1. The number of hydrogen-bond donors (Lipinski definition) is 0. The number of rotatable bonds is 7. The molecule has 0 fully saturated rings. The molecule has 3 aromatic rings. The molecule has 1 nitrogen and oxygen atoms in total. The van der Waals surface area contributed by atoms with E-state index in [2.05, 4.69) is 4.74 Å². The lowest BCUT2D eigenvalue weighted by Gasteiger charge is -2.20. The van der Waals surface area contributed by atoms with Crippen molar-refractivity contribution < 1.29 is 44.3 Å². The van der Waals surface area contributed by atoms with Crippen LogP contribution in [0.5, 0.6) is 5.75 Å². The third-order valence-electron chi connectivity index (χ3n) is 5.04. The molecule has 0 amide bonds. The van der Waals surface area contributed by atoms with Crippen molar-refractivity contribution in [3.8, 4) is 16.9 Å². The Bertz CT molecular complexity index is 1210. The first kappa shape index (κ1) is 37.6. The minimum atomic E-state index is -5.43. The normalized spacial score (nSPS) is 11.0. The fourth-order valence-electron chi connectivity index (χ4n) is 3.35. The van der Waals surface area contributed by atoms with Crippen molar-refractivity contribution in [1.29, 1.82) is 0 Å². The smallest absolute Gasteiger partial charge is 0.429 e. The van der Waals surface area contributed by atoms with Gasteiger partial charge in [-0.2, -0.15) is 22.0 Å². The van der Waals surface area contributed by atoms with Crippen LogP contribution in [0.4, 0.5) is 39.5 Å². The molecule has 3 aromatic carbocycles. The van der Waals surface area contributed by atoms with E-state index in [-0.39, 0.29) is 23.3 Å². The summed E-state index contributed by atoms with van der Waals surface area (Å²) < 4.78 is 128. The molecule has 0 aliphatic rings. The average Bonchev–Trinajstić information content (AvgIpc) is 2.92. The summed E-state index contributed by atoms with van der Waals surface area (Å²) in [5.74, 6) is -9.39. The number of hydrogen-bond acceptors (Lipinski definition) is 1. The molecular formula is C31H35F9O. The molecule has 0 aliphatic heterocycles. The van der Waals surface area contributed by atoms with E-state index >= 15 is 0 Å². The van der Waals surface area contributed by atoms with Gasteiger partial charge in [-0.05, 0) is 37.0 Å². The zero-order chi connectivity index (χ0) is 32.0. The highest BCUT2D eigenvalue weighted by molar-refractivity contribution is 5.65. The van der Waals surface area contributed by atoms with E-state index in [1.54, 1.807) is 12.1 Å². The summed E-state index contributed by atoms with van der Waals surface area (Å²) in [5.41, 5.74) is -3.11. The van der Waals surface area contributed by atoms with Gasteiger partial charge in [-0.1, -0.05) is 84.0 Å². The van der Waals surface area contributed by atoms with Gasteiger partial charge in [-0.3, -0.25) is 0 Å². The Balaban J connectivity index is 0.00000250. The van der Waals surface area contributed by atoms with Crippen LogP contribution in [0.3, 0.4) is 0 Å². The molecule has 0 bridgehead atoms. The molecule has 0 aromatic heterocycles. The van der Waals surface area contributed by atoms with Gasteiger partial charge in [0.2, 0.25) is 0 Å². The van der Waals surface area contributed by atoms with E-state index < -0.39 is 52.4 Å². The first-order chi connectivity index (χ1) is 19.3. The van der Waals surface area contributed by atoms with Crippen molar-refractivity contribution in [2.75, 3.05) is 0 Å². The van der Waals surface area contributed by atoms with Crippen molar-refractivity contribution in [3.63, 3.8) is 0 Å². The second-order valence-corrected chi connectivity index (χ2v) is 7.47. The van der Waals surface area contributed by atoms with E-state index in [1.165, 1.54) is 12.1 Å². The zero-order valence-electron chi connectivity index (χ0n) is 24.0. The second-order valence-electron chi connectivity index (χ2n) is 7.47. The highest BCUT2D eigenvalue weighted by Gasteiger charge is 2.42. The molecule has 10 heteroatoms. The van der Waals surface area contributed by atoms with Gasteiger partial charge < -0.3 is 4.74 Å². The molecule has 3 rings (SSSR count). The molecule has 0 radical (unpaired) electrons. The molecule has 0 aliphatic carbocycles. The van der Waals surface area contributed by atoms with E-state index in [0.717, 1.165) is 18.1 Å². The lowest BCUT2D eigenvalue weighted by Crippen LogP contribution is -2.24. The van der Waals surface area contributed by atoms with Crippen molar-refractivity contribution in [2.24, 2.45) is 0 Å². The van der Waals surface area contributed by atoms with Crippen LogP contribution in [0, 0.1) is 23.3 Å². The Morgan fingerprint density at radius 2 is 1.22 bits per heavy atom. The molecule has 0 unspecified atom stereocenters. The van der Waals surface area contributed by atoms with Gasteiger partial charge in [0.05, 0.1) is 0 Å². The summed E-state index contributed by atoms with van der Waals surface area (Å²) in [5, 5.41) is 0. The summed E-state index contributed by atoms with van der Waals surface area (Å²) >= 11 is 0. The predicted molar refractivity (Wildman–Crippen MR) is 145 cm³/mol. The highest BCUT2D eigenvalue weighted by Crippen LogP contribution is 2.39. The SMILES string of the molecule is C/C=C/CCc1ccc(-c2ccc(C(F)(F)Oc3cc(F)c(C(F)(F)F)c(F)c3)c(F)c2F)cc1.CC.CC.CC. The van der Waals surface area contributed by atoms with Crippen LogP contribution in [0.1, 0.15) is 71.6 Å². The van der Waals surface area contributed by atoms with Gasteiger partial charge in [0.1, 0.15) is 28.5 Å². The van der Waals surface area contributed by atoms with Crippen LogP contribution in [0.2, 0.25) is 0 Å². The maximum atomic E-state index is 14.7. The Morgan fingerprint density at radius 3 is 1.68 bits per heavy atom. The summed E-state index contributed by atoms with van der Waals surface area (Å²) in [6, 6.07) is 7.47. The minimum Gasteiger partial charge on any atom is -0.429 e. The first-order valence-electron chi connectivity index (χ1n) is 13.2. The predicted octanol–water partition coefficient (Wildman–Crippen LogP) is 11.6. The van der Waals surface area contributed by atoms with E-state index in [0.29, 0.717) is 12.5 Å². The van der Waals surface area contributed by atoms with Gasteiger partial charge in [0, 0.05) is 17.7 Å². The molecule has 0 saturated heterocycles. The van der Waals surface area contributed by atoms with Gasteiger partial charge in [0.15, 0.2) is 11.6 Å². The zero-order valence-corrected chi connectivity index (χ0v) is 24.0. The third-order valence-corrected chi connectivity index (χ3v) is 5.04. The number of halogens is 9. The van der Waals surface area contributed by atoms with Gasteiger partial charge in [-0.25, -0.2) is 17.6 Å². The molecular weight excluding hydrogens is 559 g/mol. The van der Waals surface area contributed by atoms with E-state index in [4.69, 9.17) is 0 Å². The second kappa shape index (κ2) is 17.4. The topological polar surface area (TPSA) is 9.23 Å².